The Balaban J connectivity index is 1.58. The van der Waals surface area contributed by atoms with Gasteiger partial charge in [0, 0.05) is 51.2 Å². The second-order valence-electron chi connectivity index (χ2n) is 6.32. The molecule has 0 bridgehead atoms. The highest BCUT2D eigenvalue weighted by Gasteiger charge is 2.25. The van der Waals surface area contributed by atoms with Gasteiger partial charge in [0.25, 0.3) is 0 Å². The minimum absolute atomic E-state index is 0.105. The molecule has 2 amide bonds. The van der Waals surface area contributed by atoms with Crippen LogP contribution in [0.15, 0.2) is 18.5 Å². The summed E-state index contributed by atoms with van der Waals surface area (Å²) in [5, 5.41) is 9.96. The number of carbonyl (C=O) groups is 1. The molecule has 2 rings (SSSR count). The third kappa shape index (κ3) is 6.19. The van der Waals surface area contributed by atoms with Crippen LogP contribution in [0.25, 0.3) is 0 Å². The first-order chi connectivity index (χ1) is 11.0. The molecule has 7 heteroatoms. The molecule has 0 radical (unpaired) electrons. The number of nitrogens with one attached hydrogen (secondary N) is 2. The third-order valence-electron chi connectivity index (χ3n) is 4.04. The molecule has 1 aliphatic heterocycles. The van der Waals surface area contributed by atoms with Crippen molar-refractivity contribution >= 4 is 6.03 Å². The average molecular weight is 323 g/mol. The number of hydrogen-bond acceptors (Lipinski definition) is 4. The summed E-state index contributed by atoms with van der Waals surface area (Å²) in [5.74, 6) is 0. The molecule has 0 saturated carbocycles. The molecule has 3 atom stereocenters. The van der Waals surface area contributed by atoms with Crippen LogP contribution in [-0.4, -0.2) is 65.1 Å². The first kappa shape index (κ1) is 17.7. The number of aromatic nitrogens is 2. The molecule has 1 aromatic heterocycles. The summed E-state index contributed by atoms with van der Waals surface area (Å²) in [6, 6.07) is 2.10. The number of amides is 2. The van der Waals surface area contributed by atoms with Crippen LogP contribution in [0.2, 0.25) is 0 Å². The van der Waals surface area contributed by atoms with E-state index in [2.05, 4.69) is 41.4 Å². The Hall–Kier alpha value is -1.60. The summed E-state index contributed by atoms with van der Waals surface area (Å²) in [6.07, 6.45) is 5.04. The minimum atomic E-state index is -0.105. The van der Waals surface area contributed by atoms with Crippen LogP contribution in [0.1, 0.15) is 27.2 Å². The van der Waals surface area contributed by atoms with Crippen LogP contribution in [-0.2, 0) is 11.3 Å². The number of rotatable bonds is 7. The van der Waals surface area contributed by atoms with Crippen molar-refractivity contribution in [2.75, 3.05) is 26.2 Å². The van der Waals surface area contributed by atoms with Crippen molar-refractivity contribution in [2.24, 2.45) is 0 Å². The molecule has 130 valence electrons. The molecule has 1 aliphatic rings. The van der Waals surface area contributed by atoms with Crippen LogP contribution < -0.4 is 10.6 Å². The second kappa shape index (κ2) is 8.88. The lowest BCUT2D eigenvalue weighted by Crippen LogP contribution is -2.53. The Morgan fingerprint density at radius 1 is 1.35 bits per heavy atom. The Morgan fingerprint density at radius 2 is 2.09 bits per heavy atom. The lowest BCUT2D eigenvalue weighted by molar-refractivity contribution is -0.0778. The topological polar surface area (TPSA) is 71.4 Å². The molecule has 1 fully saturated rings. The summed E-state index contributed by atoms with van der Waals surface area (Å²) < 4.78 is 7.60. The highest BCUT2D eigenvalue weighted by molar-refractivity contribution is 5.73. The van der Waals surface area contributed by atoms with E-state index in [0.29, 0.717) is 19.1 Å². The van der Waals surface area contributed by atoms with Crippen molar-refractivity contribution < 1.29 is 9.53 Å². The smallest absolute Gasteiger partial charge is 0.314 e. The normalized spacial score (nSPS) is 23.4. The summed E-state index contributed by atoms with van der Waals surface area (Å²) in [6.45, 7) is 10.3. The summed E-state index contributed by atoms with van der Waals surface area (Å²) in [5.41, 5.74) is 0. The highest BCUT2D eigenvalue weighted by atomic mass is 16.5. The molecule has 23 heavy (non-hydrogen) atoms. The van der Waals surface area contributed by atoms with Crippen molar-refractivity contribution in [3.8, 4) is 0 Å². The summed E-state index contributed by atoms with van der Waals surface area (Å²) >= 11 is 0. The molecule has 0 aromatic carbocycles. The third-order valence-corrected chi connectivity index (χ3v) is 4.04. The van der Waals surface area contributed by atoms with E-state index in [1.54, 1.807) is 6.20 Å². The first-order valence-corrected chi connectivity index (χ1v) is 8.43. The van der Waals surface area contributed by atoms with Gasteiger partial charge in [-0.15, -0.1) is 0 Å². The zero-order valence-electron chi connectivity index (χ0n) is 14.4. The molecule has 2 heterocycles. The largest absolute Gasteiger partial charge is 0.373 e. The monoisotopic (exact) mass is 323 g/mol. The lowest BCUT2D eigenvalue weighted by Gasteiger charge is -2.38. The van der Waals surface area contributed by atoms with Gasteiger partial charge in [0.15, 0.2) is 0 Å². The van der Waals surface area contributed by atoms with E-state index in [-0.39, 0.29) is 18.2 Å². The number of ether oxygens (including phenoxy) is 1. The van der Waals surface area contributed by atoms with E-state index in [0.717, 1.165) is 26.1 Å². The Labute approximate surface area is 138 Å². The number of urea groups is 1. The second-order valence-corrected chi connectivity index (χ2v) is 6.32. The van der Waals surface area contributed by atoms with E-state index >= 15 is 0 Å². The molecule has 1 saturated heterocycles. The molecule has 2 N–H and O–H groups in total. The maximum absolute atomic E-state index is 11.8. The number of hydrogen-bond donors (Lipinski definition) is 2. The van der Waals surface area contributed by atoms with Gasteiger partial charge in [-0.3, -0.25) is 9.58 Å². The zero-order valence-corrected chi connectivity index (χ0v) is 14.4. The molecule has 0 aliphatic carbocycles. The van der Waals surface area contributed by atoms with Gasteiger partial charge in [-0.05, 0) is 33.3 Å². The summed E-state index contributed by atoms with van der Waals surface area (Å²) in [4.78, 5) is 14.2. The van der Waals surface area contributed by atoms with Crippen LogP contribution >= 0.6 is 0 Å². The van der Waals surface area contributed by atoms with E-state index in [9.17, 15) is 4.79 Å². The number of nitrogens with zero attached hydrogens (tertiary/aromatic N) is 3. The molecule has 7 nitrogen and oxygen atoms in total. The predicted octanol–water partition coefficient (Wildman–Crippen LogP) is 1.07. The fraction of sp³-hybridized carbons (Fsp3) is 0.750. The Morgan fingerprint density at radius 3 is 2.74 bits per heavy atom. The van der Waals surface area contributed by atoms with Crippen molar-refractivity contribution in [2.45, 2.75) is 52.0 Å². The molecular formula is C16H29N5O2. The fourth-order valence-electron chi connectivity index (χ4n) is 2.89. The van der Waals surface area contributed by atoms with Crippen LogP contribution in [0, 0.1) is 0 Å². The standard InChI is InChI=1S/C16H29N5O2/c1-13(20-11-14(2)23-15(3)12-20)10-18-16(22)17-6-4-8-21-9-5-7-19-21/h5,7,9,13-15H,4,6,8,10-12H2,1-3H3,(H2,17,18,22). The van der Waals surface area contributed by atoms with E-state index in [1.807, 2.05) is 16.9 Å². The number of morpholine rings is 1. The van der Waals surface area contributed by atoms with E-state index in [4.69, 9.17) is 4.74 Å². The molecular weight excluding hydrogens is 294 g/mol. The van der Waals surface area contributed by atoms with Gasteiger partial charge < -0.3 is 15.4 Å². The van der Waals surface area contributed by atoms with Gasteiger partial charge in [-0.25, -0.2) is 4.79 Å². The lowest BCUT2D eigenvalue weighted by atomic mass is 10.2. The van der Waals surface area contributed by atoms with E-state index < -0.39 is 0 Å². The maximum atomic E-state index is 11.8. The Bertz CT molecular complexity index is 455. The average Bonchev–Trinajstić information content (AvgIpc) is 3.01. The van der Waals surface area contributed by atoms with Crippen LogP contribution in [0.3, 0.4) is 0 Å². The van der Waals surface area contributed by atoms with Gasteiger partial charge >= 0.3 is 6.03 Å². The van der Waals surface area contributed by atoms with Crippen molar-refractivity contribution in [3.05, 3.63) is 18.5 Å². The first-order valence-electron chi connectivity index (χ1n) is 8.43. The van der Waals surface area contributed by atoms with Crippen molar-refractivity contribution in [3.63, 3.8) is 0 Å². The van der Waals surface area contributed by atoms with Crippen molar-refractivity contribution in [1.29, 1.82) is 0 Å². The van der Waals surface area contributed by atoms with Gasteiger partial charge in [0.1, 0.15) is 0 Å². The number of carbonyl (C=O) groups excluding carboxylic acids is 1. The van der Waals surface area contributed by atoms with Crippen LogP contribution in [0.5, 0.6) is 0 Å². The van der Waals surface area contributed by atoms with Gasteiger partial charge in [-0.2, -0.15) is 5.10 Å². The number of aryl methyl sites for hydroxylation is 1. The Kier molecular flexibility index (Phi) is 6.85. The molecule has 3 unspecified atom stereocenters. The summed E-state index contributed by atoms with van der Waals surface area (Å²) in [7, 11) is 0. The fourth-order valence-corrected chi connectivity index (χ4v) is 2.89. The van der Waals surface area contributed by atoms with Crippen LogP contribution in [0.4, 0.5) is 4.79 Å². The zero-order chi connectivity index (χ0) is 16.7. The molecule has 1 aromatic rings. The SMILES string of the molecule is CC1CN(C(C)CNC(=O)NCCCn2cccn2)CC(C)O1. The molecule has 0 spiro atoms. The van der Waals surface area contributed by atoms with Gasteiger partial charge in [-0.1, -0.05) is 0 Å². The van der Waals surface area contributed by atoms with E-state index in [1.165, 1.54) is 0 Å². The van der Waals surface area contributed by atoms with Crippen molar-refractivity contribution in [1.82, 2.24) is 25.3 Å². The van der Waals surface area contributed by atoms with Gasteiger partial charge in [0.2, 0.25) is 0 Å². The highest BCUT2D eigenvalue weighted by Crippen LogP contribution is 2.13. The predicted molar refractivity (Wildman–Crippen MR) is 89.3 cm³/mol. The quantitative estimate of drug-likeness (QED) is 0.736. The maximum Gasteiger partial charge on any atom is 0.314 e. The minimum Gasteiger partial charge on any atom is -0.373 e. The van der Waals surface area contributed by atoms with Gasteiger partial charge in [0.05, 0.1) is 12.2 Å².